The summed E-state index contributed by atoms with van der Waals surface area (Å²) in [5.74, 6) is 0.291. The van der Waals surface area contributed by atoms with Gasteiger partial charge in [0, 0.05) is 16.6 Å². The van der Waals surface area contributed by atoms with Crippen molar-refractivity contribution in [1.82, 2.24) is 0 Å². The molecule has 5 nitrogen and oxygen atoms in total. The van der Waals surface area contributed by atoms with Gasteiger partial charge in [0.15, 0.2) is 0 Å². The zero-order valence-corrected chi connectivity index (χ0v) is 17.4. The van der Waals surface area contributed by atoms with Crippen LogP contribution in [0.25, 0.3) is 0 Å². The number of methoxy groups -OCH3 is 1. The van der Waals surface area contributed by atoms with Crippen molar-refractivity contribution in [2.75, 3.05) is 7.11 Å². The van der Waals surface area contributed by atoms with E-state index in [1.807, 2.05) is 6.07 Å². The van der Waals surface area contributed by atoms with E-state index in [0.717, 1.165) is 30.4 Å². The summed E-state index contributed by atoms with van der Waals surface area (Å²) < 4.78 is 16.2. The molecule has 1 saturated carbocycles. The van der Waals surface area contributed by atoms with Crippen molar-refractivity contribution in [1.29, 1.82) is 0 Å². The molecule has 1 aromatic heterocycles. The van der Waals surface area contributed by atoms with Gasteiger partial charge >= 0.3 is 11.9 Å². The highest BCUT2D eigenvalue weighted by Crippen LogP contribution is 2.66. The normalized spacial score (nSPS) is 42.7. The molecule has 5 heteroatoms. The van der Waals surface area contributed by atoms with Crippen molar-refractivity contribution in [2.45, 2.75) is 53.1 Å². The standard InChI is InChI=1S/C23H30O5/c1-13-10-17(20(24)26-5)22(3)8-6-16-21(25)28-18(15-7-9-27-12-15)11-23(16,4)19(22)14(13)2/h7,9-10,12-14,16,18-19H,6,8,11H2,1-5H3/t13-,14-,16-,18-,19-,22-,23-/m0/s1. The Kier molecular flexibility index (Phi) is 4.48. The molecule has 7 atom stereocenters. The molecule has 0 bridgehead atoms. The van der Waals surface area contributed by atoms with Gasteiger partial charge in [0.2, 0.25) is 0 Å². The molecule has 3 aliphatic rings. The van der Waals surface area contributed by atoms with Crippen molar-refractivity contribution in [3.05, 3.63) is 35.8 Å². The smallest absolute Gasteiger partial charge is 0.333 e. The Morgan fingerprint density at radius 2 is 2.04 bits per heavy atom. The lowest BCUT2D eigenvalue weighted by molar-refractivity contribution is -0.196. The second-order valence-corrected chi connectivity index (χ2v) is 9.47. The number of rotatable bonds is 2. The molecule has 1 aromatic rings. The van der Waals surface area contributed by atoms with Crippen LogP contribution in [0.2, 0.25) is 0 Å². The lowest BCUT2D eigenvalue weighted by Crippen LogP contribution is -2.59. The Balaban J connectivity index is 1.80. The summed E-state index contributed by atoms with van der Waals surface area (Å²) in [7, 11) is 1.45. The molecule has 4 rings (SSSR count). The molecular formula is C23H30O5. The van der Waals surface area contributed by atoms with Crippen molar-refractivity contribution >= 4 is 11.9 Å². The van der Waals surface area contributed by atoms with E-state index in [4.69, 9.17) is 13.9 Å². The molecule has 152 valence electrons. The summed E-state index contributed by atoms with van der Waals surface area (Å²) in [4.78, 5) is 25.7. The number of furan rings is 1. The Morgan fingerprint density at radius 3 is 2.68 bits per heavy atom. The number of ether oxygens (including phenoxy) is 2. The van der Waals surface area contributed by atoms with Gasteiger partial charge in [0.05, 0.1) is 25.6 Å². The third-order valence-corrected chi connectivity index (χ3v) is 8.03. The van der Waals surface area contributed by atoms with Crippen molar-refractivity contribution in [2.24, 2.45) is 34.5 Å². The maximum atomic E-state index is 13.0. The van der Waals surface area contributed by atoms with Gasteiger partial charge in [-0.15, -0.1) is 0 Å². The molecule has 0 spiro atoms. The lowest BCUT2D eigenvalue weighted by Gasteiger charge is -2.62. The number of hydrogen-bond donors (Lipinski definition) is 0. The highest BCUT2D eigenvalue weighted by molar-refractivity contribution is 5.90. The summed E-state index contributed by atoms with van der Waals surface area (Å²) in [6.45, 7) is 8.85. The predicted molar refractivity (Wildman–Crippen MR) is 103 cm³/mol. The first-order chi connectivity index (χ1) is 13.2. The van der Waals surface area contributed by atoms with Crippen LogP contribution in [0.5, 0.6) is 0 Å². The number of allylic oxidation sites excluding steroid dienone is 1. The number of hydrogen-bond acceptors (Lipinski definition) is 5. The zero-order valence-electron chi connectivity index (χ0n) is 17.4. The average molecular weight is 386 g/mol. The van der Waals surface area contributed by atoms with Crippen LogP contribution in [0.1, 0.15) is 58.6 Å². The van der Waals surface area contributed by atoms with E-state index in [2.05, 4.69) is 33.8 Å². The van der Waals surface area contributed by atoms with Gasteiger partial charge in [0.1, 0.15) is 6.10 Å². The van der Waals surface area contributed by atoms with E-state index < -0.39 is 0 Å². The van der Waals surface area contributed by atoms with Crippen molar-refractivity contribution in [3.8, 4) is 0 Å². The van der Waals surface area contributed by atoms with Gasteiger partial charge in [-0.2, -0.15) is 0 Å². The highest BCUT2D eigenvalue weighted by Gasteiger charge is 2.63. The lowest BCUT2D eigenvalue weighted by atomic mass is 9.42. The van der Waals surface area contributed by atoms with Crippen molar-refractivity contribution < 1.29 is 23.5 Å². The minimum atomic E-state index is -0.303. The highest BCUT2D eigenvalue weighted by atomic mass is 16.5. The largest absolute Gasteiger partial charge is 0.472 e. The van der Waals surface area contributed by atoms with Gasteiger partial charge in [-0.05, 0) is 48.5 Å². The van der Waals surface area contributed by atoms with Crippen LogP contribution in [0.4, 0.5) is 0 Å². The molecule has 0 unspecified atom stereocenters. The molecule has 0 amide bonds. The van der Waals surface area contributed by atoms with E-state index in [1.165, 1.54) is 7.11 Å². The molecule has 2 fully saturated rings. The van der Waals surface area contributed by atoms with Gasteiger partial charge in [-0.1, -0.05) is 33.8 Å². The average Bonchev–Trinajstić information content (AvgIpc) is 3.18. The molecule has 1 aliphatic heterocycles. The predicted octanol–water partition coefficient (Wildman–Crippen LogP) is 4.69. The maximum Gasteiger partial charge on any atom is 0.333 e. The van der Waals surface area contributed by atoms with E-state index in [0.29, 0.717) is 5.92 Å². The number of carbonyl (C=O) groups excluding carboxylic acids is 2. The third-order valence-electron chi connectivity index (χ3n) is 8.03. The number of esters is 2. The van der Waals surface area contributed by atoms with Crippen LogP contribution in [-0.4, -0.2) is 19.0 Å². The zero-order chi connectivity index (χ0) is 20.3. The van der Waals surface area contributed by atoms with Crippen LogP contribution in [-0.2, 0) is 19.1 Å². The first kappa shape index (κ1) is 19.3. The Hall–Kier alpha value is -2.04. The van der Waals surface area contributed by atoms with Gasteiger partial charge in [-0.25, -0.2) is 4.79 Å². The number of fused-ring (bicyclic) bond motifs is 3. The SMILES string of the molecule is COC(=O)C1=C[C@H](C)[C@H](C)[C@@H]2[C@@]3(C)C[C@@H](c4ccoc4)OC(=O)[C@@H]3CC[C@@]12C. The Bertz CT molecular complexity index is 809. The molecular weight excluding hydrogens is 356 g/mol. The number of cyclic esters (lactones) is 1. The van der Waals surface area contributed by atoms with Crippen LogP contribution in [0, 0.1) is 34.5 Å². The van der Waals surface area contributed by atoms with Crippen LogP contribution in [0.15, 0.2) is 34.7 Å². The minimum Gasteiger partial charge on any atom is -0.472 e. The summed E-state index contributed by atoms with van der Waals surface area (Å²) in [5.41, 5.74) is 1.12. The van der Waals surface area contributed by atoms with E-state index >= 15 is 0 Å². The van der Waals surface area contributed by atoms with E-state index in [1.54, 1.807) is 12.5 Å². The van der Waals surface area contributed by atoms with Gasteiger partial charge < -0.3 is 13.9 Å². The molecule has 0 N–H and O–H groups in total. The summed E-state index contributed by atoms with van der Waals surface area (Å²) in [5, 5.41) is 0. The Morgan fingerprint density at radius 1 is 1.29 bits per heavy atom. The second-order valence-electron chi connectivity index (χ2n) is 9.47. The van der Waals surface area contributed by atoms with E-state index in [9.17, 15) is 9.59 Å². The molecule has 0 aromatic carbocycles. The molecule has 1 saturated heterocycles. The topological polar surface area (TPSA) is 65.7 Å². The second kappa shape index (κ2) is 6.50. The first-order valence-corrected chi connectivity index (χ1v) is 10.3. The Labute approximate surface area is 166 Å². The van der Waals surface area contributed by atoms with Gasteiger partial charge in [-0.3, -0.25) is 4.79 Å². The fourth-order valence-corrected chi connectivity index (χ4v) is 6.64. The minimum absolute atomic E-state index is 0.115. The summed E-state index contributed by atoms with van der Waals surface area (Å²) in [6, 6.07) is 1.87. The fraction of sp³-hybridized carbons (Fsp3) is 0.652. The van der Waals surface area contributed by atoms with Crippen LogP contribution in [0.3, 0.4) is 0 Å². The van der Waals surface area contributed by atoms with Gasteiger partial charge in [0.25, 0.3) is 0 Å². The summed E-state index contributed by atoms with van der Waals surface area (Å²) >= 11 is 0. The van der Waals surface area contributed by atoms with Crippen LogP contribution < -0.4 is 0 Å². The van der Waals surface area contributed by atoms with Crippen LogP contribution >= 0.6 is 0 Å². The molecule has 2 aliphatic carbocycles. The monoisotopic (exact) mass is 386 g/mol. The fourth-order valence-electron chi connectivity index (χ4n) is 6.64. The third kappa shape index (κ3) is 2.58. The van der Waals surface area contributed by atoms with Crippen molar-refractivity contribution in [3.63, 3.8) is 0 Å². The molecule has 0 radical (unpaired) electrons. The quantitative estimate of drug-likeness (QED) is 0.690. The number of carbonyl (C=O) groups is 2. The molecule has 28 heavy (non-hydrogen) atoms. The molecule has 2 heterocycles. The van der Waals surface area contributed by atoms with E-state index in [-0.39, 0.29) is 46.6 Å². The maximum absolute atomic E-state index is 13.0. The first-order valence-electron chi connectivity index (χ1n) is 10.3. The summed E-state index contributed by atoms with van der Waals surface area (Å²) in [6.07, 6.45) is 7.35.